The Kier molecular flexibility index (Phi) is 14.2. The van der Waals surface area contributed by atoms with Gasteiger partial charge in [-0.05, 0) is 78.6 Å². The number of aromatic nitrogens is 3. The van der Waals surface area contributed by atoms with Crippen LogP contribution in [0, 0.1) is 0 Å². The van der Waals surface area contributed by atoms with E-state index in [1.165, 1.54) is 30.3 Å². The first-order valence-electron chi connectivity index (χ1n) is 18.7. The summed E-state index contributed by atoms with van der Waals surface area (Å²) in [6.45, 7) is 0.451. The molecule has 0 fully saturated rings. The minimum atomic E-state index is -4.85. The summed E-state index contributed by atoms with van der Waals surface area (Å²) in [5, 5.41) is 28.1. The third-order valence-electron chi connectivity index (χ3n) is 9.08. The minimum Gasteiger partial charge on any atom is -0.481 e. The molecule has 0 unspecified atom stereocenters. The molecule has 62 heavy (non-hydrogen) atoms. The molecular weight excluding hydrogens is 865 g/mol. The maximum absolute atomic E-state index is 12.5. The Balaban J connectivity index is 1.25. The number of nitrogens with one attached hydrogen (secondary N) is 1. The molecule has 0 radical (unpaired) electrons. The molecule has 1 aromatic heterocycles. The van der Waals surface area contributed by atoms with Crippen molar-refractivity contribution >= 4 is 75.8 Å². The van der Waals surface area contributed by atoms with E-state index in [-0.39, 0.29) is 58.7 Å². The fraction of sp³-hybridized carbons (Fsp3) is 0.200. The number of azo groups is 2. The maximum Gasteiger partial charge on any atom is 0.303 e. The van der Waals surface area contributed by atoms with Crippen LogP contribution in [-0.2, 0) is 48.0 Å². The molecule has 0 spiro atoms. The van der Waals surface area contributed by atoms with Crippen molar-refractivity contribution in [2.24, 2.45) is 20.5 Å². The largest absolute Gasteiger partial charge is 0.481 e. The average Bonchev–Trinajstić information content (AvgIpc) is 3.21. The van der Waals surface area contributed by atoms with Crippen molar-refractivity contribution in [1.29, 1.82) is 0 Å². The Morgan fingerprint density at radius 1 is 0.532 bits per heavy atom. The molecule has 0 amide bonds. The first-order chi connectivity index (χ1) is 29.4. The fourth-order valence-corrected chi connectivity index (χ4v) is 8.38. The van der Waals surface area contributed by atoms with Crippen LogP contribution < -0.4 is 5.32 Å². The van der Waals surface area contributed by atoms with E-state index in [9.17, 15) is 43.7 Å². The van der Waals surface area contributed by atoms with E-state index in [2.05, 4.69) is 40.7 Å². The third-order valence-corrected chi connectivity index (χ3v) is 11.8. The number of benzene rings is 5. The number of aliphatic carboxylic acids is 1. The molecule has 6 aromatic rings. The number of hydrogen-bond donors (Lipinski definition) is 5. The molecule has 0 saturated heterocycles. The predicted octanol–water partition coefficient (Wildman–Crippen LogP) is 8.22. The van der Waals surface area contributed by atoms with Crippen LogP contribution in [0.3, 0.4) is 0 Å². The topological polar surface area (TPSA) is 301 Å². The van der Waals surface area contributed by atoms with E-state index in [0.29, 0.717) is 42.1 Å². The molecule has 0 aliphatic rings. The van der Waals surface area contributed by atoms with Gasteiger partial charge >= 0.3 is 5.97 Å². The van der Waals surface area contributed by atoms with Gasteiger partial charge in [0.05, 0.1) is 27.6 Å². The Morgan fingerprint density at radius 2 is 1.11 bits per heavy atom. The molecule has 0 saturated carbocycles. The summed E-state index contributed by atoms with van der Waals surface area (Å²) in [6, 6.07) is 25.4. The maximum atomic E-state index is 12.5. The Bertz CT molecular complexity index is 3010. The normalized spacial score (nSPS) is 12.4. The second-order valence-corrected chi connectivity index (χ2v) is 17.9. The number of anilines is 1. The first-order valence-corrected chi connectivity index (χ1v) is 23.0. The van der Waals surface area contributed by atoms with Crippen LogP contribution in [0.1, 0.15) is 54.9 Å². The molecule has 1 heterocycles. The van der Waals surface area contributed by atoms with Gasteiger partial charge in [0.15, 0.2) is 0 Å². The number of rotatable bonds is 19. The second-order valence-electron chi connectivity index (χ2n) is 13.7. The number of hydrogen-bond acceptors (Lipinski definition) is 15. The zero-order valence-corrected chi connectivity index (χ0v) is 34.9. The molecule has 0 aliphatic heterocycles. The van der Waals surface area contributed by atoms with E-state index in [4.69, 9.17) is 5.11 Å². The van der Waals surface area contributed by atoms with Gasteiger partial charge in [0.2, 0.25) is 5.95 Å². The van der Waals surface area contributed by atoms with Crippen molar-refractivity contribution in [1.82, 2.24) is 15.0 Å². The van der Waals surface area contributed by atoms with Gasteiger partial charge in [0.1, 0.15) is 21.4 Å². The SMILES string of the molecule is O=C(O)CCCCCCNc1nc(Cc2ccc(N=Nc3cc(S(=O)(=O)O)c4cccc(S(=O)(=O)O)c4c3)cc2)nc(Cc2ccc(N=Nc3ccccc3)cc2S(=O)(=O)O)n1. The molecule has 0 atom stereocenters. The van der Waals surface area contributed by atoms with Gasteiger partial charge in [-0.25, -0.2) is 4.98 Å². The first kappa shape index (κ1) is 45.1. The van der Waals surface area contributed by atoms with Crippen LogP contribution in [0.25, 0.3) is 10.8 Å². The predicted molar refractivity (Wildman–Crippen MR) is 226 cm³/mol. The Morgan fingerprint density at radius 3 is 1.77 bits per heavy atom. The molecule has 5 aromatic carbocycles. The van der Waals surface area contributed by atoms with Gasteiger partial charge in [-0.2, -0.15) is 55.7 Å². The lowest BCUT2D eigenvalue weighted by atomic mass is 10.1. The molecule has 19 nitrogen and oxygen atoms in total. The lowest BCUT2D eigenvalue weighted by Gasteiger charge is -2.11. The summed E-state index contributed by atoms with van der Waals surface area (Å²) in [4.78, 5) is 22.9. The van der Waals surface area contributed by atoms with Gasteiger partial charge in [-0.1, -0.05) is 61.4 Å². The summed E-state index contributed by atoms with van der Waals surface area (Å²) in [7, 11) is -14.4. The van der Waals surface area contributed by atoms with Crippen molar-refractivity contribution in [2.75, 3.05) is 11.9 Å². The van der Waals surface area contributed by atoms with Crippen LogP contribution in [0.15, 0.2) is 138 Å². The lowest BCUT2D eigenvalue weighted by molar-refractivity contribution is -0.137. The number of unbranched alkanes of at least 4 members (excludes halogenated alkanes) is 3. The molecule has 0 aliphatic carbocycles. The van der Waals surface area contributed by atoms with Crippen LogP contribution in [0.2, 0.25) is 0 Å². The Labute approximate surface area is 356 Å². The van der Waals surface area contributed by atoms with E-state index in [1.54, 1.807) is 54.6 Å². The molecule has 0 bridgehead atoms. The number of fused-ring (bicyclic) bond motifs is 1. The summed E-state index contributed by atoms with van der Waals surface area (Å²) >= 11 is 0. The molecule has 22 heteroatoms. The zero-order valence-electron chi connectivity index (χ0n) is 32.5. The third kappa shape index (κ3) is 12.6. The van der Waals surface area contributed by atoms with Gasteiger partial charge in [-0.15, -0.1) is 0 Å². The van der Waals surface area contributed by atoms with Crippen LogP contribution >= 0.6 is 0 Å². The summed E-state index contributed by atoms with van der Waals surface area (Å²) in [5.41, 5.74) is 1.78. The van der Waals surface area contributed by atoms with Gasteiger partial charge in [-0.3, -0.25) is 18.5 Å². The zero-order chi connectivity index (χ0) is 44.5. The fourth-order valence-electron chi connectivity index (χ4n) is 6.22. The second kappa shape index (κ2) is 19.5. The van der Waals surface area contributed by atoms with Crippen LogP contribution in [-0.4, -0.2) is 71.5 Å². The Hall–Kier alpha value is -6.43. The van der Waals surface area contributed by atoms with E-state index >= 15 is 0 Å². The van der Waals surface area contributed by atoms with E-state index < -0.39 is 51.0 Å². The van der Waals surface area contributed by atoms with Crippen molar-refractivity contribution in [3.63, 3.8) is 0 Å². The van der Waals surface area contributed by atoms with Crippen molar-refractivity contribution in [3.05, 3.63) is 126 Å². The quantitative estimate of drug-likeness (QED) is 0.0290. The lowest BCUT2D eigenvalue weighted by Crippen LogP contribution is -2.13. The van der Waals surface area contributed by atoms with Gasteiger partial charge in [0, 0.05) is 36.6 Å². The summed E-state index contributed by atoms with van der Waals surface area (Å²) < 4.78 is 103. The van der Waals surface area contributed by atoms with Crippen LogP contribution in [0.5, 0.6) is 0 Å². The highest BCUT2D eigenvalue weighted by Crippen LogP contribution is 2.34. The average molecular weight is 903 g/mol. The van der Waals surface area contributed by atoms with Crippen molar-refractivity contribution < 1.29 is 48.8 Å². The highest BCUT2D eigenvalue weighted by atomic mass is 32.2. The summed E-state index contributed by atoms with van der Waals surface area (Å²) in [6.07, 6.45) is 2.85. The molecule has 322 valence electrons. The molecule has 6 rings (SSSR count). The van der Waals surface area contributed by atoms with Gasteiger partial charge in [0.25, 0.3) is 30.4 Å². The van der Waals surface area contributed by atoms with Crippen molar-refractivity contribution in [2.45, 2.75) is 59.6 Å². The smallest absolute Gasteiger partial charge is 0.303 e. The number of carboxylic acids is 1. The number of nitrogens with zero attached hydrogens (tertiary/aromatic N) is 7. The standard InChI is InChI=1S/C40H38N8O11S3/c49-39(50)13-6-1-2-7-20-41-40-43-37(42-38(44-40)22-27-16-19-30(24-35(27)61(54,55)56)47-45-28-9-4-3-5-10-28)21-26-14-17-29(18-15-26)46-48-31-23-33-32(36(25-31)62(57,58)59)11-8-12-34(33)60(51,52)53/h3-5,8-12,14-19,23-25H,1-2,6-7,13,20-22H2,(H,49,50)(H,51,52,53)(H,54,55,56)(H,57,58,59)(H,41,42,43,44). The monoisotopic (exact) mass is 902 g/mol. The highest BCUT2D eigenvalue weighted by Gasteiger charge is 2.22. The van der Waals surface area contributed by atoms with Crippen LogP contribution in [0.4, 0.5) is 28.7 Å². The highest BCUT2D eigenvalue weighted by molar-refractivity contribution is 7.86. The molecular formula is C40H38N8O11S3. The number of carbonyl (C=O) groups is 1. The van der Waals surface area contributed by atoms with Crippen molar-refractivity contribution in [3.8, 4) is 0 Å². The molecule has 5 N–H and O–H groups in total. The van der Waals surface area contributed by atoms with Gasteiger partial charge < -0.3 is 10.4 Å². The minimum absolute atomic E-state index is 0.0860. The number of carboxylic acid groups (broad SMARTS) is 1. The van der Waals surface area contributed by atoms with E-state index in [1.807, 2.05) is 6.07 Å². The summed E-state index contributed by atoms with van der Waals surface area (Å²) in [5.74, 6) is -0.157. The van der Waals surface area contributed by atoms with E-state index in [0.717, 1.165) is 25.0 Å².